The predicted octanol–water partition coefficient (Wildman–Crippen LogP) is 3.85. The lowest BCUT2D eigenvalue weighted by Gasteiger charge is -2.21. The molecule has 1 aromatic carbocycles. The molecule has 0 bridgehead atoms. The molecule has 0 spiro atoms. The molecule has 1 fully saturated rings. The average molecular weight is 410 g/mol. The maximum Gasteiger partial charge on any atom is 0.254 e. The molecule has 0 aliphatic carbocycles. The third kappa shape index (κ3) is 3.57. The molecule has 1 aliphatic heterocycles. The number of H-pyrrole nitrogens is 1. The van der Waals surface area contributed by atoms with Crippen LogP contribution in [-0.4, -0.2) is 43.1 Å². The van der Waals surface area contributed by atoms with E-state index in [-0.39, 0.29) is 11.9 Å². The Morgan fingerprint density at radius 1 is 1.29 bits per heavy atom. The molecule has 7 nitrogen and oxygen atoms in total. The Hall–Kier alpha value is -3.92. The first-order chi connectivity index (χ1) is 15.1. The van der Waals surface area contributed by atoms with Crippen molar-refractivity contribution in [3.05, 3.63) is 72.2 Å². The maximum absolute atomic E-state index is 13.0. The topological polar surface area (TPSA) is 90.6 Å². The van der Waals surface area contributed by atoms with Crippen molar-refractivity contribution in [2.24, 2.45) is 5.92 Å². The second-order valence-corrected chi connectivity index (χ2v) is 8.16. The zero-order valence-electron chi connectivity index (χ0n) is 17.2. The molecule has 2 atom stereocenters. The molecule has 0 saturated carbocycles. The minimum absolute atomic E-state index is 0.00381. The van der Waals surface area contributed by atoms with Crippen molar-refractivity contribution in [3.8, 4) is 17.3 Å². The van der Waals surface area contributed by atoms with Crippen molar-refractivity contribution >= 4 is 16.9 Å². The first kappa shape index (κ1) is 19.1. The van der Waals surface area contributed by atoms with Crippen molar-refractivity contribution in [2.45, 2.75) is 25.9 Å². The van der Waals surface area contributed by atoms with Crippen LogP contribution in [0.2, 0.25) is 0 Å². The number of nitriles is 1. The lowest BCUT2D eigenvalue weighted by molar-refractivity contribution is 0.0742. The van der Waals surface area contributed by atoms with E-state index in [1.54, 1.807) is 30.5 Å². The average Bonchev–Trinajstić information content (AvgIpc) is 3.54. The summed E-state index contributed by atoms with van der Waals surface area (Å²) in [7, 11) is 0. The van der Waals surface area contributed by atoms with E-state index in [9.17, 15) is 4.79 Å². The second-order valence-electron chi connectivity index (χ2n) is 8.16. The van der Waals surface area contributed by atoms with Gasteiger partial charge in [0, 0.05) is 42.7 Å². The van der Waals surface area contributed by atoms with Gasteiger partial charge in [-0.2, -0.15) is 10.4 Å². The molecule has 0 radical (unpaired) electrons. The molecule has 1 N–H and O–H groups in total. The first-order valence-electron chi connectivity index (χ1n) is 10.4. The van der Waals surface area contributed by atoms with Gasteiger partial charge in [0.2, 0.25) is 0 Å². The lowest BCUT2D eigenvalue weighted by Crippen LogP contribution is -2.34. The van der Waals surface area contributed by atoms with Crippen LogP contribution in [0.25, 0.3) is 22.3 Å². The number of aromatic nitrogens is 4. The quantitative estimate of drug-likeness (QED) is 0.553. The van der Waals surface area contributed by atoms with Crippen LogP contribution in [-0.2, 0) is 6.54 Å². The lowest BCUT2D eigenvalue weighted by atomic mass is 10.1. The van der Waals surface area contributed by atoms with E-state index in [1.807, 2.05) is 23.2 Å². The molecule has 4 aromatic rings. The Morgan fingerprint density at radius 2 is 2.19 bits per heavy atom. The summed E-state index contributed by atoms with van der Waals surface area (Å²) in [5.41, 5.74) is 4.99. The zero-order valence-corrected chi connectivity index (χ0v) is 17.2. The number of nitrogens with one attached hydrogen (secondary N) is 1. The van der Waals surface area contributed by atoms with Gasteiger partial charge in [-0.05, 0) is 55.7 Å². The number of hydrogen-bond acceptors (Lipinski definition) is 4. The van der Waals surface area contributed by atoms with Crippen LogP contribution in [0.1, 0.15) is 29.3 Å². The van der Waals surface area contributed by atoms with Gasteiger partial charge in [-0.25, -0.2) is 4.98 Å². The predicted molar refractivity (Wildman–Crippen MR) is 117 cm³/mol. The third-order valence-corrected chi connectivity index (χ3v) is 6.03. The molecule has 3 aromatic heterocycles. The summed E-state index contributed by atoms with van der Waals surface area (Å²) < 4.78 is 2.23. The fourth-order valence-corrected chi connectivity index (χ4v) is 4.51. The van der Waals surface area contributed by atoms with Gasteiger partial charge in [0.15, 0.2) is 0 Å². The van der Waals surface area contributed by atoms with Crippen LogP contribution in [0.5, 0.6) is 0 Å². The molecule has 1 aliphatic rings. The highest BCUT2D eigenvalue weighted by Crippen LogP contribution is 2.28. The van der Waals surface area contributed by atoms with Crippen molar-refractivity contribution in [2.75, 3.05) is 6.54 Å². The number of carbonyl (C=O) groups is 1. The monoisotopic (exact) mass is 410 g/mol. The summed E-state index contributed by atoms with van der Waals surface area (Å²) in [5, 5.41) is 15.9. The van der Waals surface area contributed by atoms with E-state index >= 15 is 0 Å². The molecule has 4 heterocycles. The number of likely N-dealkylation sites (tertiary alicyclic amines) is 1. The summed E-state index contributed by atoms with van der Waals surface area (Å²) >= 11 is 0. The number of carbonyl (C=O) groups excluding carboxylic acids is 1. The Kier molecular flexibility index (Phi) is 4.75. The van der Waals surface area contributed by atoms with Crippen LogP contribution in [0.3, 0.4) is 0 Å². The molecule has 5 rings (SSSR count). The minimum Gasteiger partial charge on any atom is -0.346 e. The van der Waals surface area contributed by atoms with Gasteiger partial charge in [-0.15, -0.1) is 0 Å². The summed E-state index contributed by atoms with van der Waals surface area (Å²) in [6.45, 7) is 3.64. The van der Waals surface area contributed by atoms with Crippen LogP contribution in [0, 0.1) is 17.2 Å². The standard InChI is InChI=1S/C24H22N6O/c1-16-9-18(15-30(16)24(31)19-4-2-3-17(10-19)11-25)14-29-8-7-22-23(29)6-5-21(28-22)20-12-26-27-13-20/h2-8,10,12-13,16,18H,9,14-15H2,1H3,(H,26,27)/t16-,18?/m1/s1. The summed E-state index contributed by atoms with van der Waals surface area (Å²) in [4.78, 5) is 19.7. The summed E-state index contributed by atoms with van der Waals surface area (Å²) in [5.74, 6) is 0.359. The van der Waals surface area contributed by atoms with Gasteiger partial charge in [0.1, 0.15) is 0 Å². The molecule has 1 unspecified atom stereocenters. The Labute approximate surface area is 179 Å². The SMILES string of the molecule is C[C@@H]1CC(Cn2ccc3nc(-c4cn[nH]c4)ccc32)CN1C(=O)c1cccc(C#N)c1. The van der Waals surface area contributed by atoms with E-state index in [4.69, 9.17) is 10.2 Å². The van der Waals surface area contributed by atoms with E-state index in [0.29, 0.717) is 23.6 Å². The van der Waals surface area contributed by atoms with Gasteiger partial charge in [0.25, 0.3) is 5.91 Å². The number of nitrogens with zero attached hydrogens (tertiary/aromatic N) is 5. The van der Waals surface area contributed by atoms with Crippen molar-refractivity contribution in [1.82, 2.24) is 24.6 Å². The highest BCUT2D eigenvalue weighted by atomic mass is 16.2. The van der Waals surface area contributed by atoms with E-state index < -0.39 is 0 Å². The highest BCUT2D eigenvalue weighted by Gasteiger charge is 2.33. The van der Waals surface area contributed by atoms with Crippen molar-refractivity contribution in [1.29, 1.82) is 5.26 Å². The number of aromatic amines is 1. The number of rotatable bonds is 4. The summed E-state index contributed by atoms with van der Waals surface area (Å²) in [6, 6.07) is 15.4. The van der Waals surface area contributed by atoms with Crippen molar-refractivity contribution < 1.29 is 4.79 Å². The van der Waals surface area contributed by atoms with Crippen LogP contribution >= 0.6 is 0 Å². The number of benzene rings is 1. The van der Waals surface area contributed by atoms with Gasteiger partial charge >= 0.3 is 0 Å². The zero-order chi connectivity index (χ0) is 21.4. The van der Waals surface area contributed by atoms with Crippen LogP contribution < -0.4 is 0 Å². The molecule has 154 valence electrons. The van der Waals surface area contributed by atoms with Gasteiger partial charge in [-0.3, -0.25) is 9.89 Å². The fraction of sp³-hybridized carbons (Fsp3) is 0.250. The molecular formula is C24H22N6O. The van der Waals surface area contributed by atoms with E-state index in [1.165, 1.54) is 0 Å². The summed E-state index contributed by atoms with van der Waals surface area (Å²) in [6.07, 6.45) is 6.62. The first-order valence-corrected chi connectivity index (χ1v) is 10.4. The van der Waals surface area contributed by atoms with Gasteiger partial charge < -0.3 is 9.47 Å². The normalized spacial score (nSPS) is 18.4. The molecule has 31 heavy (non-hydrogen) atoms. The van der Waals surface area contributed by atoms with Gasteiger partial charge in [0.05, 0.1) is 34.6 Å². The van der Waals surface area contributed by atoms with Crippen LogP contribution in [0.4, 0.5) is 0 Å². The largest absolute Gasteiger partial charge is 0.346 e. The minimum atomic E-state index is -0.00381. The molecular weight excluding hydrogens is 388 g/mol. The molecule has 7 heteroatoms. The Bertz CT molecular complexity index is 1280. The highest BCUT2D eigenvalue weighted by molar-refractivity contribution is 5.95. The maximum atomic E-state index is 13.0. The number of pyridine rings is 1. The third-order valence-electron chi connectivity index (χ3n) is 6.03. The molecule has 1 amide bonds. The van der Waals surface area contributed by atoms with Crippen molar-refractivity contribution in [3.63, 3.8) is 0 Å². The van der Waals surface area contributed by atoms with Crippen LogP contribution in [0.15, 0.2) is 61.1 Å². The van der Waals surface area contributed by atoms with Gasteiger partial charge in [-0.1, -0.05) is 6.07 Å². The molecule has 1 saturated heterocycles. The smallest absolute Gasteiger partial charge is 0.254 e. The van der Waals surface area contributed by atoms with E-state index in [0.717, 1.165) is 35.3 Å². The Balaban J connectivity index is 1.32. The number of hydrogen-bond donors (Lipinski definition) is 1. The fourth-order valence-electron chi connectivity index (χ4n) is 4.51. The second kappa shape index (κ2) is 7.73. The number of amides is 1. The number of fused-ring (bicyclic) bond motifs is 1. The van der Waals surface area contributed by atoms with E-state index in [2.05, 4.69) is 40.0 Å². The Morgan fingerprint density at radius 3 is 3.00 bits per heavy atom.